The molecule has 4 nitrogen and oxygen atoms in total. The van der Waals surface area contributed by atoms with Gasteiger partial charge >= 0.3 is 0 Å². The van der Waals surface area contributed by atoms with Crippen molar-refractivity contribution >= 4 is 44.7 Å². The highest BCUT2D eigenvalue weighted by molar-refractivity contribution is 6.09. The van der Waals surface area contributed by atoms with Crippen molar-refractivity contribution in [2.24, 2.45) is 10.7 Å². The molecule has 1 aromatic heterocycles. The molecule has 0 spiro atoms. The average molecular weight is 721 g/mol. The third-order valence-electron chi connectivity index (χ3n) is 11.2. The minimum absolute atomic E-state index is 0.145. The predicted molar refractivity (Wildman–Crippen MR) is 235 cm³/mol. The normalized spacial score (nSPS) is 16.4. The lowest BCUT2D eigenvalue weighted by atomic mass is 9.91. The van der Waals surface area contributed by atoms with Crippen LogP contribution in [-0.4, -0.2) is 16.4 Å². The lowest BCUT2D eigenvalue weighted by molar-refractivity contribution is 0.744. The van der Waals surface area contributed by atoms with Gasteiger partial charge in [0.15, 0.2) is 0 Å². The maximum Gasteiger partial charge on any atom is 0.131 e. The van der Waals surface area contributed by atoms with Crippen molar-refractivity contribution in [2.75, 3.05) is 4.90 Å². The Balaban J connectivity index is 1.18. The van der Waals surface area contributed by atoms with E-state index in [1.54, 1.807) is 0 Å². The molecule has 56 heavy (non-hydrogen) atoms. The lowest BCUT2D eigenvalue weighted by Gasteiger charge is -2.30. The topological polar surface area (TPSA) is 46.5 Å². The fourth-order valence-electron chi connectivity index (χ4n) is 8.51. The number of aliphatic imine (C=N–C) groups is 1. The Morgan fingerprint density at radius 2 is 1.18 bits per heavy atom. The number of hydrogen-bond acceptors (Lipinski definition) is 2. The van der Waals surface area contributed by atoms with Gasteiger partial charge in [-0.05, 0) is 65.1 Å². The van der Waals surface area contributed by atoms with Crippen LogP contribution in [0.3, 0.4) is 0 Å². The third-order valence-corrected chi connectivity index (χ3v) is 11.2. The third kappa shape index (κ3) is 6.02. The first kappa shape index (κ1) is 33.4. The zero-order chi connectivity index (χ0) is 37.4. The maximum atomic E-state index is 6.86. The van der Waals surface area contributed by atoms with Gasteiger partial charge in [-0.15, -0.1) is 0 Å². The number of benzene rings is 7. The quantitative estimate of drug-likeness (QED) is 0.125. The molecular weight excluding hydrogens is 681 g/mol. The minimum Gasteiger partial charge on any atom is -0.383 e. The van der Waals surface area contributed by atoms with E-state index in [1.807, 2.05) is 30.3 Å². The van der Waals surface area contributed by atoms with Gasteiger partial charge < -0.3 is 15.2 Å². The fourth-order valence-corrected chi connectivity index (χ4v) is 8.51. The molecule has 10 rings (SSSR count). The zero-order valence-corrected chi connectivity index (χ0v) is 30.9. The molecule has 7 aromatic carbocycles. The van der Waals surface area contributed by atoms with Crippen LogP contribution in [0.25, 0.3) is 44.3 Å². The number of para-hydroxylation sites is 3. The number of aromatic nitrogens is 1. The van der Waals surface area contributed by atoms with Crippen LogP contribution in [0, 0.1) is 0 Å². The molecule has 2 N–H and O–H groups in total. The monoisotopic (exact) mass is 720 g/mol. The average Bonchev–Trinajstić information content (AvgIpc) is 3.79. The molecule has 0 radical (unpaired) electrons. The number of amidine groups is 1. The van der Waals surface area contributed by atoms with E-state index in [0.29, 0.717) is 12.3 Å². The summed E-state index contributed by atoms with van der Waals surface area (Å²) in [7, 11) is 0. The Morgan fingerprint density at radius 1 is 0.571 bits per heavy atom. The molecule has 1 aliphatic heterocycles. The SMILES string of the molecule is NC(=N/C(=C\Cc1ccc(-c2ccccc2)cc1)c1cc(N2c3ccccc3C3C=CC=CC32)cc(-n2c3ccccc3c3ccccc32)c1)c1ccccc1. The van der Waals surface area contributed by atoms with Gasteiger partial charge in [-0.2, -0.15) is 0 Å². The van der Waals surface area contributed by atoms with Gasteiger partial charge in [-0.3, -0.25) is 0 Å². The highest BCUT2D eigenvalue weighted by Gasteiger charge is 2.37. The Kier molecular flexibility index (Phi) is 8.49. The van der Waals surface area contributed by atoms with Gasteiger partial charge in [0.2, 0.25) is 0 Å². The van der Waals surface area contributed by atoms with Crippen LogP contribution in [0.1, 0.15) is 28.2 Å². The number of allylic oxidation sites excluding steroid dienone is 3. The summed E-state index contributed by atoms with van der Waals surface area (Å²) in [5.74, 6) is 0.740. The molecular formula is C52H40N4. The molecule has 0 amide bonds. The largest absolute Gasteiger partial charge is 0.383 e. The molecule has 2 heterocycles. The molecule has 0 saturated carbocycles. The maximum absolute atomic E-state index is 6.86. The summed E-state index contributed by atoms with van der Waals surface area (Å²) < 4.78 is 2.40. The second-order valence-electron chi connectivity index (χ2n) is 14.5. The zero-order valence-electron chi connectivity index (χ0n) is 30.9. The van der Waals surface area contributed by atoms with Gasteiger partial charge in [0.1, 0.15) is 5.84 Å². The van der Waals surface area contributed by atoms with Crippen LogP contribution in [0.5, 0.6) is 0 Å². The predicted octanol–water partition coefficient (Wildman–Crippen LogP) is 12.2. The molecule has 8 aromatic rings. The van der Waals surface area contributed by atoms with Crippen molar-refractivity contribution in [3.8, 4) is 16.8 Å². The molecule has 268 valence electrons. The summed E-state index contributed by atoms with van der Waals surface area (Å²) >= 11 is 0. The number of rotatable bonds is 8. The van der Waals surface area contributed by atoms with Crippen molar-refractivity contribution in [3.05, 3.63) is 229 Å². The Labute approximate surface area is 327 Å². The van der Waals surface area contributed by atoms with Crippen molar-refractivity contribution in [2.45, 2.75) is 18.4 Å². The van der Waals surface area contributed by atoms with Crippen LogP contribution in [0.2, 0.25) is 0 Å². The van der Waals surface area contributed by atoms with E-state index in [4.69, 9.17) is 10.7 Å². The molecule has 4 heteroatoms. The van der Waals surface area contributed by atoms with Crippen LogP contribution in [-0.2, 0) is 6.42 Å². The molecule has 0 bridgehead atoms. The van der Waals surface area contributed by atoms with Crippen LogP contribution in [0.15, 0.2) is 211 Å². The van der Waals surface area contributed by atoms with Gasteiger partial charge in [0, 0.05) is 44.9 Å². The Bertz CT molecular complexity index is 2790. The van der Waals surface area contributed by atoms with Gasteiger partial charge in [-0.25, -0.2) is 4.99 Å². The smallest absolute Gasteiger partial charge is 0.131 e. The van der Waals surface area contributed by atoms with Crippen LogP contribution in [0.4, 0.5) is 11.4 Å². The van der Waals surface area contributed by atoms with Crippen molar-refractivity contribution < 1.29 is 0 Å². The minimum atomic E-state index is 0.145. The highest BCUT2D eigenvalue weighted by Crippen LogP contribution is 2.48. The highest BCUT2D eigenvalue weighted by atomic mass is 15.2. The van der Waals surface area contributed by atoms with Crippen LogP contribution >= 0.6 is 0 Å². The summed E-state index contributed by atoms with van der Waals surface area (Å²) in [4.78, 5) is 7.75. The van der Waals surface area contributed by atoms with E-state index in [-0.39, 0.29) is 12.0 Å². The Morgan fingerprint density at radius 3 is 1.93 bits per heavy atom. The number of nitrogens with two attached hydrogens (primary N) is 1. The van der Waals surface area contributed by atoms with Gasteiger partial charge in [0.25, 0.3) is 0 Å². The first-order chi connectivity index (χ1) is 27.7. The number of nitrogens with zero attached hydrogens (tertiary/aromatic N) is 3. The standard InChI is InChI=1S/C52H40N4/c53-52(39-17-5-2-6-18-39)54-47(32-29-36-27-30-38(31-28-36)37-15-3-1-4-16-37)40-33-41(55-48-23-11-7-19-43(48)44-20-8-12-24-49(44)55)35-42(34-40)56-50-25-13-9-21-45(50)46-22-10-14-26-51(46)56/h1-28,30-35,43,48H,29H2,(H2,53,54)/b47-32-. The van der Waals surface area contributed by atoms with Gasteiger partial charge in [-0.1, -0.05) is 170 Å². The molecule has 2 aliphatic rings. The van der Waals surface area contributed by atoms with E-state index in [9.17, 15) is 0 Å². The number of anilines is 2. The second kappa shape index (κ2) is 14.2. The van der Waals surface area contributed by atoms with E-state index in [0.717, 1.165) is 39.2 Å². The van der Waals surface area contributed by atoms with Crippen molar-refractivity contribution in [3.63, 3.8) is 0 Å². The summed E-state index contributed by atoms with van der Waals surface area (Å²) in [6.07, 6.45) is 11.9. The van der Waals surface area contributed by atoms with Gasteiger partial charge in [0.05, 0.1) is 22.8 Å². The summed E-state index contributed by atoms with van der Waals surface area (Å²) in [5.41, 5.74) is 20.2. The van der Waals surface area contributed by atoms with Crippen LogP contribution < -0.4 is 10.6 Å². The van der Waals surface area contributed by atoms with E-state index in [1.165, 1.54) is 38.7 Å². The van der Waals surface area contributed by atoms with Crippen molar-refractivity contribution in [1.29, 1.82) is 0 Å². The first-order valence-electron chi connectivity index (χ1n) is 19.3. The lowest BCUT2D eigenvalue weighted by Crippen LogP contribution is -2.28. The number of fused-ring (bicyclic) bond motifs is 6. The molecule has 2 unspecified atom stereocenters. The van der Waals surface area contributed by atoms with Crippen molar-refractivity contribution in [1.82, 2.24) is 4.57 Å². The first-order valence-corrected chi connectivity index (χ1v) is 19.3. The second-order valence-corrected chi connectivity index (χ2v) is 14.5. The summed E-state index contributed by atoms with van der Waals surface area (Å²) in [6, 6.07) is 62.7. The molecule has 1 aliphatic carbocycles. The van der Waals surface area contributed by atoms with E-state index >= 15 is 0 Å². The van der Waals surface area contributed by atoms with E-state index in [2.05, 4.69) is 185 Å². The molecule has 0 saturated heterocycles. The Hall–Kier alpha value is -7.17. The summed E-state index contributed by atoms with van der Waals surface area (Å²) in [6.45, 7) is 0. The molecule has 0 fully saturated rings. The fraction of sp³-hybridized carbons (Fsp3) is 0.0577. The number of hydrogen-bond donors (Lipinski definition) is 1. The van der Waals surface area contributed by atoms with E-state index < -0.39 is 0 Å². The molecule has 2 atom stereocenters. The summed E-state index contributed by atoms with van der Waals surface area (Å²) in [5, 5.41) is 2.45.